The van der Waals surface area contributed by atoms with E-state index in [1.165, 1.54) is 30.6 Å². The molecule has 2 fully saturated rings. The van der Waals surface area contributed by atoms with Gasteiger partial charge in [-0.05, 0) is 57.0 Å². The Morgan fingerprint density at radius 2 is 2.00 bits per heavy atom. The molecule has 1 amide bonds. The molecule has 1 aromatic carbocycles. The number of carbonyl (C=O) groups is 1. The Morgan fingerprint density at radius 3 is 2.72 bits per heavy atom. The number of piperazine rings is 1. The van der Waals surface area contributed by atoms with Gasteiger partial charge < -0.3 is 15.1 Å². The van der Waals surface area contributed by atoms with Crippen molar-refractivity contribution in [1.29, 1.82) is 0 Å². The number of benzene rings is 1. The van der Waals surface area contributed by atoms with E-state index in [4.69, 9.17) is 0 Å². The SMILES string of the molecule is Cc1cccc(N2CCN(CC(=O)NC[C@@H]3CCCN(C)C3)CC2)c1. The van der Waals surface area contributed by atoms with Crippen LogP contribution in [-0.2, 0) is 4.79 Å². The number of nitrogens with zero attached hydrogens (tertiary/aromatic N) is 3. The van der Waals surface area contributed by atoms with Crippen molar-refractivity contribution in [2.24, 2.45) is 5.92 Å². The van der Waals surface area contributed by atoms with E-state index >= 15 is 0 Å². The minimum atomic E-state index is 0.178. The van der Waals surface area contributed by atoms with Crippen LogP contribution in [0.3, 0.4) is 0 Å². The maximum Gasteiger partial charge on any atom is 0.234 e. The van der Waals surface area contributed by atoms with Crippen molar-refractivity contribution in [2.45, 2.75) is 19.8 Å². The van der Waals surface area contributed by atoms with E-state index in [9.17, 15) is 4.79 Å². The van der Waals surface area contributed by atoms with Crippen molar-refractivity contribution in [3.8, 4) is 0 Å². The lowest BCUT2D eigenvalue weighted by molar-refractivity contribution is -0.122. The monoisotopic (exact) mass is 344 g/mol. The molecule has 3 rings (SSSR count). The molecular weight excluding hydrogens is 312 g/mol. The maximum absolute atomic E-state index is 12.3. The summed E-state index contributed by atoms with van der Waals surface area (Å²) >= 11 is 0. The number of hydrogen-bond donors (Lipinski definition) is 1. The normalized spacial score (nSPS) is 22.8. The van der Waals surface area contributed by atoms with E-state index in [-0.39, 0.29) is 5.91 Å². The van der Waals surface area contributed by atoms with Crippen LogP contribution in [0.1, 0.15) is 18.4 Å². The third-order valence-electron chi connectivity index (χ3n) is 5.42. The topological polar surface area (TPSA) is 38.8 Å². The van der Waals surface area contributed by atoms with Gasteiger partial charge in [0.05, 0.1) is 6.54 Å². The molecule has 5 nitrogen and oxygen atoms in total. The van der Waals surface area contributed by atoms with Gasteiger partial charge in [0.2, 0.25) is 5.91 Å². The molecule has 138 valence electrons. The zero-order valence-corrected chi connectivity index (χ0v) is 15.7. The van der Waals surface area contributed by atoms with Gasteiger partial charge in [0.15, 0.2) is 0 Å². The maximum atomic E-state index is 12.3. The molecule has 1 aromatic rings. The summed E-state index contributed by atoms with van der Waals surface area (Å²) in [6.45, 7) is 9.67. The van der Waals surface area contributed by atoms with Crippen LogP contribution in [0.5, 0.6) is 0 Å². The highest BCUT2D eigenvalue weighted by Gasteiger charge is 2.21. The van der Waals surface area contributed by atoms with Crippen LogP contribution >= 0.6 is 0 Å². The molecule has 1 atom stereocenters. The van der Waals surface area contributed by atoms with Crippen LogP contribution in [0.2, 0.25) is 0 Å². The molecule has 2 saturated heterocycles. The molecule has 0 aliphatic carbocycles. The molecule has 0 aromatic heterocycles. The predicted molar refractivity (Wildman–Crippen MR) is 103 cm³/mol. The minimum Gasteiger partial charge on any atom is -0.369 e. The van der Waals surface area contributed by atoms with Crippen LogP contribution in [0.15, 0.2) is 24.3 Å². The number of likely N-dealkylation sites (tertiary alicyclic amines) is 1. The average Bonchev–Trinajstić information content (AvgIpc) is 2.61. The lowest BCUT2D eigenvalue weighted by Gasteiger charge is -2.36. The standard InChI is InChI=1S/C20H32N4O/c1-17-5-3-7-19(13-17)24-11-9-23(10-12-24)16-20(25)21-14-18-6-4-8-22(2)15-18/h3,5,7,13,18H,4,6,8-12,14-16H2,1-2H3,(H,21,25)/t18-/m0/s1. The van der Waals surface area contributed by atoms with Crippen LogP contribution in [0.25, 0.3) is 0 Å². The van der Waals surface area contributed by atoms with Crippen LogP contribution < -0.4 is 10.2 Å². The molecule has 2 aliphatic heterocycles. The van der Waals surface area contributed by atoms with E-state index in [1.807, 2.05) is 0 Å². The molecule has 1 N–H and O–H groups in total. The van der Waals surface area contributed by atoms with Gasteiger partial charge >= 0.3 is 0 Å². The fraction of sp³-hybridized carbons (Fsp3) is 0.650. The Bertz CT molecular complexity index is 569. The fourth-order valence-electron chi connectivity index (χ4n) is 3.95. The second-order valence-corrected chi connectivity index (χ2v) is 7.68. The minimum absolute atomic E-state index is 0.178. The van der Waals surface area contributed by atoms with Crippen molar-refractivity contribution in [2.75, 3.05) is 64.3 Å². The first-order valence-corrected chi connectivity index (χ1v) is 9.59. The molecule has 0 unspecified atom stereocenters. The molecule has 25 heavy (non-hydrogen) atoms. The summed E-state index contributed by atoms with van der Waals surface area (Å²) in [6, 6.07) is 8.67. The Hall–Kier alpha value is -1.59. The van der Waals surface area contributed by atoms with Gasteiger partial charge in [-0.2, -0.15) is 0 Å². The summed E-state index contributed by atoms with van der Waals surface area (Å²) < 4.78 is 0. The van der Waals surface area contributed by atoms with E-state index in [2.05, 4.69) is 58.3 Å². The van der Waals surface area contributed by atoms with Crippen LogP contribution in [0, 0.1) is 12.8 Å². The van der Waals surface area contributed by atoms with Gasteiger partial charge in [-0.15, -0.1) is 0 Å². The summed E-state index contributed by atoms with van der Waals surface area (Å²) in [5.74, 6) is 0.790. The number of nitrogens with one attached hydrogen (secondary N) is 1. The summed E-state index contributed by atoms with van der Waals surface area (Å²) in [7, 11) is 2.17. The van der Waals surface area contributed by atoms with E-state index in [0.717, 1.165) is 39.3 Å². The zero-order chi connectivity index (χ0) is 17.6. The molecular formula is C20H32N4O. The largest absolute Gasteiger partial charge is 0.369 e. The summed E-state index contributed by atoms with van der Waals surface area (Å²) in [4.78, 5) is 19.3. The molecule has 0 bridgehead atoms. The highest BCUT2D eigenvalue weighted by atomic mass is 16.2. The first-order valence-electron chi connectivity index (χ1n) is 9.59. The average molecular weight is 345 g/mol. The summed E-state index contributed by atoms with van der Waals surface area (Å²) in [5, 5.41) is 3.15. The van der Waals surface area contributed by atoms with E-state index < -0.39 is 0 Å². The third kappa shape index (κ3) is 5.44. The number of carbonyl (C=O) groups excluding carboxylic acids is 1. The first kappa shape index (κ1) is 18.2. The van der Waals surface area contributed by atoms with Gasteiger partial charge in [-0.3, -0.25) is 9.69 Å². The van der Waals surface area contributed by atoms with Crippen molar-refractivity contribution >= 4 is 11.6 Å². The zero-order valence-electron chi connectivity index (χ0n) is 15.7. The second kappa shape index (κ2) is 8.68. The quantitative estimate of drug-likeness (QED) is 0.880. The number of amides is 1. The van der Waals surface area contributed by atoms with Crippen molar-refractivity contribution in [3.63, 3.8) is 0 Å². The second-order valence-electron chi connectivity index (χ2n) is 7.68. The molecule has 5 heteroatoms. The Labute approximate surface area is 152 Å². The van der Waals surface area contributed by atoms with Gasteiger partial charge in [0, 0.05) is 45.0 Å². The number of anilines is 1. The van der Waals surface area contributed by atoms with Gasteiger partial charge in [-0.1, -0.05) is 12.1 Å². The first-order chi connectivity index (χ1) is 12.1. The molecule has 0 radical (unpaired) electrons. The highest BCUT2D eigenvalue weighted by Crippen LogP contribution is 2.18. The van der Waals surface area contributed by atoms with Gasteiger partial charge in [-0.25, -0.2) is 0 Å². The lowest BCUT2D eigenvalue weighted by atomic mass is 9.98. The van der Waals surface area contributed by atoms with Crippen molar-refractivity contribution in [1.82, 2.24) is 15.1 Å². The summed E-state index contributed by atoms with van der Waals surface area (Å²) in [5.41, 5.74) is 2.60. The van der Waals surface area contributed by atoms with E-state index in [0.29, 0.717) is 12.5 Å². The third-order valence-corrected chi connectivity index (χ3v) is 5.42. The number of aryl methyl sites for hydroxylation is 1. The smallest absolute Gasteiger partial charge is 0.234 e. The number of rotatable bonds is 5. The Kier molecular flexibility index (Phi) is 6.32. The summed E-state index contributed by atoms with van der Waals surface area (Å²) in [6.07, 6.45) is 2.48. The van der Waals surface area contributed by atoms with Crippen molar-refractivity contribution in [3.05, 3.63) is 29.8 Å². The molecule has 2 heterocycles. The lowest BCUT2D eigenvalue weighted by Crippen LogP contribution is -2.50. The van der Waals surface area contributed by atoms with E-state index in [1.54, 1.807) is 0 Å². The highest BCUT2D eigenvalue weighted by molar-refractivity contribution is 5.78. The predicted octanol–water partition coefficient (Wildman–Crippen LogP) is 1.58. The molecule has 0 saturated carbocycles. The Balaban J connectivity index is 1.37. The molecule has 0 spiro atoms. The van der Waals surface area contributed by atoms with Crippen LogP contribution in [0.4, 0.5) is 5.69 Å². The number of hydrogen-bond acceptors (Lipinski definition) is 4. The van der Waals surface area contributed by atoms with Gasteiger partial charge in [0.1, 0.15) is 0 Å². The number of piperidine rings is 1. The fourth-order valence-corrected chi connectivity index (χ4v) is 3.95. The Morgan fingerprint density at radius 1 is 1.20 bits per heavy atom. The van der Waals surface area contributed by atoms with Crippen molar-refractivity contribution < 1.29 is 4.79 Å². The van der Waals surface area contributed by atoms with Crippen LogP contribution in [-0.4, -0.2) is 75.1 Å². The van der Waals surface area contributed by atoms with Gasteiger partial charge in [0.25, 0.3) is 0 Å². The molecule has 2 aliphatic rings.